The van der Waals surface area contributed by atoms with Crippen LogP contribution in [0.25, 0.3) is 11.3 Å². The molecule has 0 aliphatic heterocycles. The first kappa shape index (κ1) is 15.9. The molecular weight excluding hydrogens is 306 g/mol. The van der Waals surface area contributed by atoms with Crippen LogP contribution in [-0.2, 0) is 7.05 Å². The Morgan fingerprint density at radius 3 is 2.62 bits per heavy atom. The van der Waals surface area contributed by atoms with E-state index in [-0.39, 0.29) is 23.6 Å². The molecule has 3 aromatic rings. The molecule has 124 valence electrons. The second-order valence-electron chi connectivity index (χ2n) is 5.88. The molecule has 7 heteroatoms. The van der Waals surface area contributed by atoms with E-state index in [0.717, 1.165) is 5.56 Å². The van der Waals surface area contributed by atoms with Crippen molar-refractivity contribution in [2.45, 2.75) is 19.9 Å². The molecule has 1 atom stereocenters. The molecule has 0 aliphatic carbocycles. The molecule has 0 saturated heterocycles. The van der Waals surface area contributed by atoms with Crippen molar-refractivity contribution in [3.05, 3.63) is 54.2 Å². The molecule has 2 aromatic heterocycles. The van der Waals surface area contributed by atoms with Crippen LogP contribution in [0.15, 0.2) is 47.2 Å². The predicted octanol–water partition coefficient (Wildman–Crippen LogP) is 2.60. The summed E-state index contributed by atoms with van der Waals surface area (Å²) in [6.45, 7) is 4.02. The Morgan fingerprint density at radius 1 is 1.25 bits per heavy atom. The predicted molar refractivity (Wildman–Crippen MR) is 88.0 cm³/mol. The van der Waals surface area contributed by atoms with Crippen molar-refractivity contribution in [1.82, 2.24) is 25.2 Å². The van der Waals surface area contributed by atoms with Crippen LogP contribution in [0.4, 0.5) is 0 Å². The van der Waals surface area contributed by atoms with Gasteiger partial charge in [0, 0.05) is 18.7 Å². The van der Waals surface area contributed by atoms with Gasteiger partial charge in [0.15, 0.2) is 11.5 Å². The summed E-state index contributed by atoms with van der Waals surface area (Å²) < 4.78 is 6.94. The number of carbonyl (C=O) groups excluding carboxylic acids is 1. The van der Waals surface area contributed by atoms with E-state index in [1.807, 2.05) is 44.2 Å². The van der Waals surface area contributed by atoms with Crippen molar-refractivity contribution >= 4 is 5.91 Å². The number of aryl methyl sites for hydroxylation is 1. The topological polar surface area (TPSA) is 85.8 Å². The standard InChI is InChI=1S/C17H19N5O2/c1-11(2)15(16-18-10-19-22(16)3)20-17(23)13-9-14(24-21-13)12-7-5-4-6-8-12/h4-11,15H,1-3H3,(H,20,23)/t15-/m0/s1. The highest BCUT2D eigenvalue weighted by Gasteiger charge is 2.24. The number of aromatic nitrogens is 4. The molecule has 0 aliphatic rings. The van der Waals surface area contributed by atoms with E-state index >= 15 is 0 Å². The maximum Gasteiger partial charge on any atom is 0.274 e. The largest absolute Gasteiger partial charge is 0.355 e. The minimum Gasteiger partial charge on any atom is -0.355 e. The third-order valence-corrected chi connectivity index (χ3v) is 3.78. The normalized spacial score (nSPS) is 12.3. The van der Waals surface area contributed by atoms with Crippen LogP contribution in [0.3, 0.4) is 0 Å². The van der Waals surface area contributed by atoms with E-state index < -0.39 is 0 Å². The van der Waals surface area contributed by atoms with Crippen LogP contribution >= 0.6 is 0 Å². The van der Waals surface area contributed by atoms with Gasteiger partial charge in [-0.25, -0.2) is 4.98 Å². The molecule has 7 nitrogen and oxygen atoms in total. The summed E-state index contributed by atoms with van der Waals surface area (Å²) in [5.74, 6) is 1.10. The quantitative estimate of drug-likeness (QED) is 0.779. The van der Waals surface area contributed by atoms with Crippen LogP contribution in [0.5, 0.6) is 0 Å². The molecule has 3 rings (SSSR count). The summed E-state index contributed by atoms with van der Waals surface area (Å²) in [6, 6.07) is 10.9. The Morgan fingerprint density at radius 2 is 2.00 bits per heavy atom. The Balaban J connectivity index is 1.79. The molecule has 1 aromatic carbocycles. The van der Waals surface area contributed by atoms with Crippen molar-refractivity contribution in [3.63, 3.8) is 0 Å². The second kappa shape index (κ2) is 6.66. The second-order valence-corrected chi connectivity index (χ2v) is 5.88. The number of benzene rings is 1. The smallest absolute Gasteiger partial charge is 0.274 e. The Labute approximate surface area is 139 Å². The fourth-order valence-corrected chi connectivity index (χ4v) is 2.45. The maximum atomic E-state index is 12.5. The number of nitrogens with one attached hydrogen (secondary N) is 1. The number of hydrogen-bond acceptors (Lipinski definition) is 5. The van der Waals surface area contributed by atoms with Gasteiger partial charge in [-0.2, -0.15) is 5.10 Å². The highest BCUT2D eigenvalue weighted by atomic mass is 16.5. The summed E-state index contributed by atoms with van der Waals surface area (Å²) in [5.41, 5.74) is 1.11. The van der Waals surface area contributed by atoms with Gasteiger partial charge in [0.25, 0.3) is 5.91 Å². The van der Waals surface area contributed by atoms with Crippen molar-refractivity contribution in [1.29, 1.82) is 0 Å². The van der Waals surface area contributed by atoms with Gasteiger partial charge in [0.1, 0.15) is 12.2 Å². The zero-order valence-corrected chi connectivity index (χ0v) is 13.8. The van der Waals surface area contributed by atoms with Gasteiger partial charge in [-0.05, 0) is 5.92 Å². The first-order chi connectivity index (χ1) is 11.6. The Kier molecular flexibility index (Phi) is 4.41. The van der Waals surface area contributed by atoms with Crippen LogP contribution in [-0.4, -0.2) is 25.8 Å². The lowest BCUT2D eigenvalue weighted by Gasteiger charge is -2.20. The average molecular weight is 325 g/mol. The monoisotopic (exact) mass is 325 g/mol. The average Bonchev–Trinajstić information content (AvgIpc) is 3.22. The first-order valence-electron chi connectivity index (χ1n) is 7.73. The Bertz CT molecular complexity index is 822. The third-order valence-electron chi connectivity index (χ3n) is 3.78. The van der Waals surface area contributed by atoms with Gasteiger partial charge in [-0.15, -0.1) is 0 Å². The minimum absolute atomic E-state index is 0.150. The van der Waals surface area contributed by atoms with Crippen molar-refractivity contribution in [2.24, 2.45) is 13.0 Å². The van der Waals surface area contributed by atoms with Crippen LogP contribution in [0, 0.1) is 5.92 Å². The van der Waals surface area contributed by atoms with Crippen LogP contribution in [0.2, 0.25) is 0 Å². The summed E-state index contributed by atoms with van der Waals surface area (Å²) in [7, 11) is 1.80. The van der Waals surface area contributed by atoms with Crippen LogP contribution < -0.4 is 5.32 Å². The van der Waals surface area contributed by atoms with Gasteiger partial charge >= 0.3 is 0 Å². The van der Waals surface area contributed by atoms with E-state index in [2.05, 4.69) is 20.6 Å². The van der Waals surface area contributed by atoms with Gasteiger partial charge < -0.3 is 9.84 Å². The van der Waals surface area contributed by atoms with Crippen molar-refractivity contribution < 1.29 is 9.32 Å². The molecule has 1 amide bonds. The molecule has 24 heavy (non-hydrogen) atoms. The van der Waals surface area contributed by atoms with Crippen molar-refractivity contribution in [3.8, 4) is 11.3 Å². The number of nitrogens with zero attached hydrogens (tertiary/aromatic N) is 4. The Hall–Kier alpha value is -2.96. The maximum absolute atomic E-state index is 12.5. The lowest BCUT2D eigenvalue weighted by molar-refractivity contribution is 0.0913. The fraction of sp³-hybridized carbons (Fsp3) is 0.294. The molecule has 0 bridgehead atoms. The zero-order chi connectivity index (χ0) is 17.1. The number of amides is 1. The van der Waals surface area contributed by atoms with E-state index in [1.54, 1.807) is 17.8 Å². The number of rotatable bonds is 5. The van der Waals surface area contributed by atoms with E-state index in [4.69, 9.17) is 4.52 Å². The highest BCUT2D eigenvalue weighted by Crippen LogP contribution is 2.22. The zero-order valence-electron chi connectivity index (χ0n) is 13.8. The van der Waals surface area contributed by atoms with Gasteiger partial charge in [0.2, 0.25) is 0 Å². The molecular formula is C17H19N5O2. The van der Waals surface area contributed by atoms with Gasteiger partial charge in [-0.3, -0.25) is 9.48 Å². The lowest BCUT2D eigenvalue weighted by Crippen LogP contribution is -2.33. The summed E-state index contributed by atoms with van der Waals surface area (Å²) in [6.07, 6.45) is 1.47. The summed E-state index contributed by atoms with van der Waals surface area (Å²) in [4.78, 5) is 16.7. The molecule has 0 saturated carbocycles. The molecule has 0 radical (unpaired) electrons. The minimum atomic E-state index is -0.303. The molecule has 1 N–H and O–H groups in total. The highest BCUT2D eigenvalue weighted by molar-refractivity contribution is 5.93. The van der Waals surface area contributed by atoms with Crippen molar-refractivity contribution in [2.75, 3.05) is 0 Å². The SMILES string of the molecule is CC(C)[C@H](NC(=O)c1cc(-c2ccccc2)on1)c1ncnn1C. The third kappa shape index (κ3) is 3.19. The summed E-state index contributed by atoms with van der Waals surface area (Å²) in [5, 5.41) is 10.9. The molecule has 0 spiro atoms. The van der Waals surface area contributed by atoms with Gasteiger partial charge in [0.05, 0.1) is 6.04 Å². The molecule has 0 unspecified atom stereocenters. The molecule has 0 fully saturated rings. The van der Waals surface area contributed by atoms with E-state index in [0.29, 0.717) is 11.6 Å². The van der Waals surface area contributed by atoms with Crippen LogP contribution in [0.1, 0.15) is 36.2 Å². The lowest BCUT2D eigenvalue weighted by atomic mass is 10.0. The summed E-state index contributed by atoms with van der Waals surface area (Å²) >= 11 is 0. The van der Waals surface area contributed by atoms with E-state index in [9.17, 15) is 4.79 Å². The number of hydrogen-bond donors (Lipinski definition) is 1. The first-order valence-corrected chi connectivity index (χ1v) is 7.73. The van der Waals surface area contributed by atoms with E-state index in [1.165, 1.54) is 6.33 Å². The fourth-order valence-electron chi connectivity index (χ4n) is 2.45. The number of carbonyl (C=O) groups is 1. The van der Waals surface area contributed by atoms with Gasteiger partial charge in [-0.1, -0.05) is 49.3 Å². The molecule has 2 heterocycles.